The van der Waals surface area contributed by atoms with Crippen molar-refractivity contribution < 1.29 is 4.74 Å². The van der Waals surface area contributed by atoms with Crippen molar-refractivity contribution in [1.29, 1.82) is 5.26 Å². The van der Waals surface area contributed by atoms with E-state index in [9.17, 15) is 0 Å². The van der Waals surface area contributed by atoms with E-state index in [-0.39, 0.29) is 6.10 Å². The first kappa shape index (κ1) is 14.6. The third-order valence-electron chi connectivity index (χ3n) is 2.69. The molecule has 6 nitrogen and oxygen atoms in total. The number of anilines is 2. The second-order valence-corrected chi connectivity index (χ2v) is 4.76. The summed E-state index contributed by atoms with van der Waals surface area (Å²) >= 11 is 0. The maximum absolute atomic E-state index is 8.79. The van der Waals surface area contributed by atoms with Gasteiger partial charge >= 0.3 is 0 Å². The number of hydrogen-bond donors (Lipinski definition) is 2. The fraction of sp³-hybridized carbons (Fsp3) is 0.267. The number of nitrogens with one attached hydrogen (secondary N) is 1. The van der Waals surface area contributed by atoms with Crippen LogP contribution in [0.1, 0.15) is 25.0 Å². The van der Waals surface area contributed by atoms with Crippen LogP contribution in [0.25, 0.3) is 0 Å². The van der Waals surface area contributed by atoms with Gasteiger partial charge in [0.1, 0.15) is 11.9 Å². The Morgan fingerprint density at radius 2 is 2.24 bits per heavy atom. The molecule has 0 bridgehead atoms. The number of hydrogen-bond acceptors (Lipinski definition) is 6. The van der Waals surface area contributed by atoms with E-state index in [0.717, 1.165) is 5.56 Å². The molecule has 0 radical (unpaired) electrons. The maximum Gasteiger partial charge on any atom is 0.218 e. The van der Waals surface area contributed by atoms with E-state index < -0.39 is 0 Å². The van der Waals surface area contributed by atoms with Crippen LogP contribution in [0.4, 0.5) is 11.5 Å². The van der Waals surface area contributed by atoms with E-state index in [1.807, 2.05) is 32.0 Å². The standard InChI is InChI=1S/C15H17N5O/c1-10(2)21-15-12(4-3-5-18-15)9-20-14-13(17)6-11(7-16)8-19-14/h3-6,8,10H,9,17H2,1-2H3,(H,19,20). The summed E-state index contributed by atoms with van der Waals surface area (Å²) in [5, 5.41) is 11.9. The van der Waals surface area contributed by atoms with Crippen LogP contribution in [0.5, 0.6) is 5.88 Å². The van der Waals surface area contributed by atoms with Crippen LogP contribution in [0, 0.1) is 11.3 Å². The molecule has 0 aliphatic rings. The zero-order valence-electron chi connectivity index (χ0n) is 12.0. The lowest BCUT2D eigenvalue weighted by molar-refractivity contribution is 0.230. The van der Waals surface area contributed by atoms with Crippen LogP contribution >= 0.6 is 0 Å². The Balaban J connectivity index is 2.12. The molecule has 0 saturated heterocycles. The Morgan fingerprint density at radius 1 is 1.43 bits per heavy atom. The number of rotatable bonds is 5. The van der Waals surface area contributed by atoms with E-state index in [1.165, 1.54) is 6.20 Å². The molecule has 0 saturated carbocycles. The largest absolute Gasteiger partial charge is 0.475 e. The molecule has 0 amide bonds. The van der Waals surface area contributed by atoms with Crippen molar-refractivity contribution in [3.63, 3.8) is 0 Å². The molecule has 0 atom stereocenters. The summed E-state index contributed by atoms with van der Waals surface area (Å²) in [6, 6.07) is 7.36. The van der Waals surface area contributed by atoms with Crippen LogP contribution in [-0.4, -0.2) is 16.1 Å². The lowest BCUT2D eigenvalue weighted by Gasteiger charge is -2.14. The molecule has 108 valence electrons. The maximum atomic E-state index is 8.79. The zero-order chi connectivity index (χ0) is 15.2. The molecular formula is C15H17N5O. The predicted octanol–water partition coefficient (Wildman–Crippen LogP) is 2.33. The second kappa shape index (κ2) is 6.57. The molecule has 0 aliphatic carbocycles. The van der Waals surface area contributed by atoms with Crippen molar-refractivity contribution in [2.24, 2.45) is 0 Å². The van der Waals surface area contributed by atoms with Crippen molar-refractivity contribution in [2.75, 3.05) is 11.1 Å². The minimum atomic E-state index is 0.0526. The molecule has 2 heterocycles. The fourth-order valence-corrected chi connectivity index (χ4v) is 1.76. The third kappa shape index (κ3) is 3.83. The summed E-state index contributed by atoms with van der Waals surface area (Å²) < 4.78 is 5.65. The van der Waals surface area contributed by atoms with Crippen LogP contribution in [0.3, 0.4) is 0 Å². The van der Waals surface area contributed by atoms with Crippen LogP contribution < -0.4 is 15.8 Å². The molecule has 2 aromatic rings. The van der Waals surface area contributed by atoms with Gasteiger partial charge in [-0.25, -0.2) is 9.97 Å². The van der Waals surface area contributed by atoms with Crippen molar-refractivity contribution in [3.8, 4) is 11.9 Å². The topological polar surface area (TPSA) is 96.8 Å². The third-order valence-corrected chi connectivity index (χ3v) is 2.69. The highest BCUT2D eigenvalue weighted by atomic mass is 16.5. The first-order valence-corrected chi connectivity index (χ1v) is 6.60. The predicted molar refractivity (Wildman–Crippen MR) is 80.7 cm³/mol. The Labute approximate surface area is 123 Å². The molecule has 0 spiro atoms. The quantitative estimate of drug-likeness (QED) is 0.874. The van der Waals surface area contributed by atoms with E-state index in [4.69, 9.17) is 15.7 Å². The van der Waals surface area contributed by atoms with Gasteiger partial charge in [-0.2, -0.15) is 5.26 Å². The summed E-state index contributed by atoms with van der Waals surface area (Å²) in [6.07, 6.45) is 3.22. The van der Waals surface area contributed by atoms with Gasteiger partial charge in [-0.1, -0.05) is 6.07 Å². The molecule has 0 fully saturated rings. The number of aromatic nitrogens is 2. The van der Waals surface area contributed by atoms with Crippen molar-refractivity contribution >= 4 is 11.5 Å². The van der Waals surface area contributed by atoms with Gasteiger partial charge in [0.25, 0.3) is 0 Å². The molecule has 0 unspecified atom stereocenters. The molecule has 6 heteroatoms. The van der Waals surface area contributed by atoms with Gasteiger partial charge in [0.15, 0.2) is 0 Å². The Morgan fingerprint density at radius 3 is 2.90 bits per heavy atom. The van der Waals surface area contributed by atoms with E-state index >= 15 is 0 Å². The van der Waals surface area contributed by atoms with Gasteiger partial charge in [-0.05, 0) is 26.0 Å². The lowest BCUT2D eigenvalue weighted by atomic mass is 10.2. The minimum Gasteiger partial charge on any atom is -0.475 e. The Bertz CT molecular complexity index is 663. The summed E-state index contributed by atoms with van der Waals surface area (Å²) in [5.41, 5.74) is 7.64. The average Bonchev–Trinajstić information content (AvgIpc) is 2.46. The molecule has 3 N–H and O–H groups in total. The SMILES string of the molecule is CC(C)Oc1ncccc1CNc1ncc(C#N)cc1N. The van der Waals surface area contributed by atoms with Crippen LogP contribution in [-0.2, 0) is 6.54 Å². The van der Waals surface area contributed by atoms with E-state index in [1.54, 1.807) is 12.3 Å². The van der Waals surface area contributed by atoms with E-state index in [0.29, 0.717) is 29.5 Å². The Kier molecular flexibility index (Phi) is 4.57. The average molecular weight is 283 g/mol. The minimum absolute atomic E-state index is 0.0526. The molecular weight excluding hydrogens is 266 g/mol. The highest BCUT2D eigenvalue weighted by Gasteiger charge is 2.08. The molecule has 0 aliphatic heterocycles. The van der Waals surface area contributed by atoms with Gasteiger partial charge in [0, 0.05) is 24.5 Å². The number of ether oxygens (including phenoxy) is 1. The second-order valence-electron chi connectivity index (χ2n) is 4.76. The summed E-state index contributed by atoms with van der Waals surface area (Å²) in [7, 11) is 0. The van der Waals surface area contributed by atoms with Gasteiger partial charge in [-0.3, -0.25) is 0 Å². The Hall–Kier alpha value is -2.81. The molecule has 0 aromatic carbocycles. The van der Waals surface area contributed by atoms with Gasteiger partial charge in [0.2, 0.25) is 5.88 Å². The lowest BCUT2D eigenvalue weighted by Crippen LogP contribution is -2.11. The first-order valence-electron chi connectivity index (χ1n) is 6.60. The number of nitriles is 1. The highest BCUT2D eigenvalue weighted by molar-refractivity contribution is 5.63. The molecule has 2 rings (SSSR count). The molecule has 2 aromatic heterocycles. The van der Waals surface area contributed by atoms with Crippen LogP contribution in [0.2, 0.25) is 0 Å². The van der Waals surface area contributed by atoms with Gasteiger partial charge in [-0.15, -0.1) is 0 Å². The summed E-state index contributed by atoms with van der Waals surface area (Å²) in [5.74, 6) is 1.13. The number of nitrogens with two attached hydrogens (primary N) is 1. The number of nitrogens with zero attached hydrogens (tertiary/aromatic N) is 3. The summed E-state index contributed by atoms with van der Waals surface area (Å²) in [4.78, 5) is 8.36. The normalized spacial score (nSPS) is 10.2. The zero-order valence-corrected chi connectivity index (χ0v) is 12.0. The van der Waals surface area contributed by atoms with Gasteiger partial charge < -0.3 is 15.8 Å². The van der Waals surface area contributed by atoms with Crippen molar-refractivity contribution in [1.82, 2.24) is 9.97 Å². The number of pyridine rings is 2. The van der Waals surface area contributed by atoms with Crippen LogP contribution in [0.15, 0.2) is 30.6 Å². The summed E-state index contributed by atoms with van der Waals surface area (Å²) in [6.45, 7) is 4.39. The van der Waals surface area contributed by atoms with Crippen molar-refractivity contribution in [3.05, 3.63) is 41.7 Å². The van der Waals surface area contributed by atoms with Crippen molar-refractivity contribution in [2.45, 2.75) is 26.5 Å². The van der Waals surface area contributed by atoms with Gasteiger partial charge in [0.05, 0.1) is 17.4 Å². The smallest absolute Gasteiger partial charge is 0.218 e. The first-order chi connectivity index (χ1) is 10.1. The number of nitrogen functional groups attached to an aromatic ring is 1. The highest BCUT2D eigenvalue weighted by Crippen LogP contribution is 2.20. The monoisotopic (exact) mass is 283 g/mol. The fourth-order valence-electron chi connectivity index (χ4n) is 1.76. The van der Waals surface area contributed by atoms with E-state index in [2.05, 4.69) is 15.3 Å². The molecule has 21 heavy (non-hydrogen) atoms.